The standard InChI is InChI=1S/C19H20N2O3S/c1-2-16-15-8-12-25-17(15)7-9-21(16)18(22)13-3-5-14(6-4-13)20-10-11-24-19(20)23/h3-6,8,12,16H,2,7,9-11H2,1H3. The minimum Gasteiger partial charge on any atom is -0.447 e. The first kappa shape index (κ1) is 16.1. The molecule has 3 heterocycles. The maximum absolute atomic E-state index is 13.0. The lowest BCUT2D eigenvalue weighted by atomic mass is 9.97. The van der Waals surface area contributed by atoms with Crippen molar-refractivity contribution in [3.05, 3.63) is 51.7 Å². The highest BCUT2D eigenvalue weighted by molar-refractivity contribution is 7.10. The highest BCUT2D eigenvalue weighted by Crippen LogP contribution is 2.36. The number of hydrogen-bond acceptors (Lipinski definition) is 4. The molecule has 2 aromatic rings. The summed E-state index contributed by atoms with van der Waals surface area (Å²) in [7, 11) is 0. The molecule has 0 spiro atoms. The van der Waals surface area contributed by atoms with E-state index in [0.29, 0.717) is 18.7 Å². The van der Waals surface area contributed by atoms with Crippen molar-refractivity contribution in [2.45, 2.75) is 25.8 Å². The van der Waals surface area contributed by atoms with E-state index in [9.17, 15) is 9.59 Å². The first-order valence-corrected chi connectivity index (χ1v) is 9.48. The van der Waals surface area contributed by atoms with Gasteiger partial charge >= 0.3 is 6.09 Å². The largest absolute Gasteiger partial charge is 0.447 e. The van der Waals surface area contributed by atoms with E-state index < -0.39 is 0 Å². The molecule has 6 heteroatoms. The van der Waals surface area contributed by atoms with Crippen LogP contribution in [0.15, 0.2) is 35.7 Å². The zero-order valence-corrected chi connectivity index (χ0v) is 14.9. The summed E-state index contributed by atoms with van der Waals surface area (Å²) in [5, 5.41) is 2.12. The number of thiophene rings is 1. The van der Waals surface area contributed by atoms with Crippen LogP contribution < -0.4 is 4.90 Å². The van der Waals surface area contributed by atoms with Gasteiger partial charge in [0.25, 0.3) is 5.91 Å². The second-order valence-electron chi connectivity index (χ2n) is 6.28. The number of anilines is 1. The molecule has 0 radical (unpaired) electrons. The minimum absolute atomic E-state index is 0.0549. The number of carbonyl (C=O) groups excluding carboxylic acids is 2. The molecular formula is C19H20N2O3S. The lowest BCUT2D eigenvalue weighted by Crippen LogP contribution is -2.39. The van der Waals surface area contributed by atoms with Crippen molar-refractivity contribution >= 4 is 29.0 Å². The molecule has 0 bridgehead atoms. The molecule has 2 amide bonds. The predicted molar refractivity (Wildman–Crippen MR) is 97.2 cm³/mol. The lowest BCUT2D eigenvalue weighted by Gasteiger charge is -2.35. The molecule has 0 aliphatic carbocycles. The summed E-state index contributed by atoms with van der Waals surface area (Å²) in [4.78, 5) is 29.6. The molecule has 1 unspecified atom stereocenters. The van der Waals surface area contributed by atoms with Crippen LogP contribution in [0.5, 0.6) is 0 Å². The van der Waals surface area contributed by atoms with E-state index in [1.807, 2.05) is 17.0 Å². The van der Waals surface area contributed by atoms with Gasteiger partial charge in [0.2, 0.25) is 0 Å². The number of amides is 2. The summed E-state index contributed by atoms with van der Waals surface area (Å²) < 4.78 is 4.96. The molecule has 25 heavy (non-hydrogen) atoms. The van der Waals surface area contributed by atoms with E-state index in [4.69, 9.17) is 4.74 Å². The van der Waals surface area contributed by atoms with E-state index in [0.717, 1.165) is 25.1 Å². The summed E-state index contributed by atoms with van der Waals surface area (Å²) in [5.74, 6) is 0.0549. The van der Waals surface area contributed by atoms with Crippen molar-refractivity contribution in [3.8, 4) is 0 Å². The second kappa shape index (κ2) is 6.52. The summed E-state index contributed by atoms with van der Waals surface area (Å²) >= 11 is 1.78. The van der Waals surface area contributed by atoms with Crippen LogP contribution in [0.1, 0.15) is 40.2 Å². The van der Waals surface area contributed by atoms with Gasteiger partial charge in [0.05, 0.1) is 12.6 Å². The van der Waals surface area contributed by atoms with Crippen LogP contribution in [0, 0.1) is 0 Å². The zero-order valence-electron chi connectivity index (χ0n) is 14.1. The molecule has 1 fully saturated rings. The van der Waals surface area contributed by atoms with Crippen LogP contribution in [0.3, 0.4) is 0 Å². The summed E-state index contributed by atoms with van der Waals surface area (Å²) in [6, 6.07) is 9.55. The molecule has 1 aromatic heterocycles. The van der Waals surface area contributed by atoms with Crippen molar-refractivity contribution in [3.63, 3.8) is 0 Å². The van der Waals surface area contributed by atoms with Gasteiger partial charge in [-0.2, -0.15) is 0 Å². The Kier molecular flexibility index (Phi) is 4.21. The molecule has 2 aliphatic heterocycles. The van der Waals surface area contributed by atoms with Gasteiger partial charge in [-0.05, 0) is 54.1 Å². The molecule has 0 saturated carbocycles. The van der Waals surface area contributed by atoms with Gasteiger partial charge in [0.1, 0.15) is 6.61 Å². The van der Waals surface area contributed by atoms with Gasteiger partial charge in [-0.3, -0.25) is 9.69 Å². The Morgan fingerprint density at radius 2 is 2.04 bits per heavy atom. The number of fused-ring (bicyclic) bond motifs is 1. The molecule has 2 aliphatic rings. The van der Waals surface area contributed by atoms with Gasteiger partial charge in [0, 0.05) is 22.7 Å². The van der Waals surface area contributed by atoms with Crippen LogP contribution in [-0.2, 0) is 11.2 Å². The quantitative estimate of drug-likeness (QED) is 0.839. The van der Waals surface area contributed by atoms with Crippen LogP contribution >= 0.6 is 11.3 Å². The third-order valence-electron chi connectivity index (χ3n) is 4.93. The first-order valence-electron chi connectivity index (χ1n) is 8.60. The molecule has 1 saturated heterocycles. The smallest absolute Gasteiger partial charge is 0.414 e. The summed E-state index contributed by atoms with van der Waals surface area (Å²) in [6.07, 6.45) is 1.51. The van der Waals surface area contributed by atoms with E-state index in [2.05, 4.69) is 18.4 Å². The van der Waals surface area contributed by atoms with E-state index in [-0.39, 0.29) is 18.0 Å². The van der Waals surface area contributed by atoms with Crippen molar-refractivity contribution in [1.29, 1.82) is 0 Å². The minimum atomic E-state index is -0.328. The average molecular weight is 356 g/mol. The Morgan fingerprint density at radius 3 is 2.72 bits per heavy atom. The van der Waals surface area contributed by atoms with Gasteiger partial charge in [0.15, 0.2) is 0 Å². The summed E-state index contributed by atoms with van der Waals surface area (Å²) in [6.45, 7) is 3.84. The van der Waals surface area contributed by atoms with Crippen molar-refractivity contribution in [1.82, 2.24) is 4.90 Å². The van der Waals surface area contributed by atoms with Gasteiger partial charge in [-0.25, -0.2) is 4.79 Å². The number of nitrogens with zero attached hydrogens (tertiary/aromatic N) is 2. The SMILES string of the molecule is CCC1c2ccsc2CCN1C(=O)c1ccc(N2CCOC2=O)cc1. The van der Waals surface area contributed by atoms with Crippen molar-refractivity contribution in [2.24, 2.45) is 0 Å². The number of carbonyl (C=O) groups is 2. The monoisotopic (exact) mass is 356 g/mol. The molecule has 0 N–H and O–H groups in total. The zero-order chi connectivity index (χ0) is 17.4. The molecule has 4 rings (SSSR count). The van der Waals surface area contributed by atoms with Crippen molar-refractivity contribution in [2.75, 3.05) is 24.6 Å². The molecule has 1 aromatic carbocycles. The predicted octanol–water partition coefficient (Wildman–Crippen LogP) is 3.85. The Bertz CT molecular complexity index is 799. The third kappa shape index (κ3) is 2.80. The van der Waals surface area contributed by atoms with Gasteiger partial charge in [-0.1, -0.05) is 6.92 Å². The summed E-state index contributed by atoms with van der Waals surface area (Å²) in [5.41, 5.74) is 2.72. The Labute approximate surface area is 150 Å². The average Bonchev–Trinajstić information content (AvgIpc) is 3.29. The normalized spacial score (nSPS) is 19.7. The molecular weight excluding hydrogens is 336 g/mol. The highest BCUT2D eigenvalue weighted by atomic mass is 32.1. The number of rotatable bonds is 3. The fraction of sp³-hybridized carbons (Fsp3) is 0.368. The number of cyclic esters (lactones) is 1. The maximum atomic E-state index is 13.0. The number of hydrogen-bond donors (Lipinski definition) is 0. The molecule has 1 atom stereocenters. The van der Waals surface area contributed by atoms with Crippen LogP contribution in [0.25, 0.3) is 0 Å². The Hall–Kier alpha value is -2.34. The fourth-order valence-corrected chi connectivity index (χ4v) is 4.59. The topological polar surface area (TPSA) is 49.9 Å². The third-order valence-corrected chi connectivity index (χ3v) is 5.93. The van der Waals surface area contributed by atoms with Crippen LogP contribution in [0.4, 0.5) is 10.5 Å². The number of benzene rings is 1. The van der Waals surface area contributed by atoms with Crippen molar-refractivity contribution < 1.29 is 14.3 Å². The molecule has 130 valence electrons. The van der Waals surface area contributed by atoms with Crippen LogP contribution in [0.2, 0.25) is 0 Å². The van der Waals surface area contributed by atoms with E-state index in [1.54, 1.807) is 28.4 Å². The second-order valence-corrected chi connectivity index (χ2v) is 7.29. The van der Waals surface area contributed by atoms with Gasteiger partial charge in [-0.15, -0.1) is 11.3 Å². The molecule has 5 nitrogen and oxygen atoms in total. The fourth-order valence-electron chi connectivity index (χ4n) is 3.66. The van der Waals surface area contributed by atoms with E-state index in [1.165, 1.54) is 10.4 Å². The maximum Gasteiger partial charge on any atom is 0.414 e. The lowest BCUT2D eigenvalue weighted by molar-refractivity contribution is 0.0657. The van der Waals surface area contributed by atoms with E-state index >= 15 is 0 Å². The first-order chi connectivity index (χ1) is 12.2. The highest BCUT2D eigenvalue weighted by Gasteiger charge is 2.31. The van der Waals surface area contributed by atoms with Crippen LogP contribution in [-0.4, -0.2) is 36.6 Å². The van der Waals surface area contributed by atoms with Gasteiger partial charge < -0.3 is 9.64 Å². The number of ether oxygens (including phenoxy) is 1. The Morgan fingerprint density at radius 1 is 1.24 bits per heavy atom. The Balaban J connectivity index is 1.55.